The number of benzene rings is 1. The van der Waals surface area contributed by atoms with Crippen LogP contribution in [-0.2, 0) is 11.4 Å². The Morgan fingerprint density at radius 1 is 1.40 bits per heavy atom. The number of aryl methyl sites for hydroxylation is 1. The van der Waals surface area contributed by atoms with Gasteiger partial charge >= 0.3 is 0 Å². The van der Waals surface area contributed by atoms with E-state index in [-0.39, 0.29) is 0 Å². The van der Waals surface area contributed by atoms with Gasteiger partial charge in [-0.25, -0.2) is 0 Å². The standard InChI is InChI=1S/C12H19NO2/c1-8(2)10-6-5-9(3)11(12(10)14)7-13-15-4/h5-6,8,13-14H,7H2,1-4H3. The number of rotatable bonds is 4. The van der Waals surface area contributed by atoms with Gasteiger partial charge in [0.1, 0.15) is 5.75 Å². The summed E-state index contributed by atoms with van der Waals surface area (Å²) in [4.78, 5) is 4.79. The fourth-order valence-corrected chi connectivity index (χ4v) is 1.59. The first-order valence-electron chi connectivity index (χ1n) is 5.15. The van der Waals surface area contributed by atoms with Crippen LogP contribution in [0.1, 0.15) is 36.5 Å². The molecule has 3 heteroatoms. The van der Waals surface area contributed by atoms with Crippen molar-refractivity contribution < 1.29 is 9.94 Å². The molecule has 0 saturated heterocycles. The summed E-state index contributed by atoms with van der Waals surface area (Å²) >= 11 is 0. The molecule has 0 fully saturated rings. The van der Waals surface area contributed by atoms with Gasteiger partial charge in [-0.2, -0.15) is 5.48 Å². The molecule has 0 atom stereocenters. The van der Waals surface area contributed by atoms with Crippen LogP contribution in [0.25, 0.3) is 0 Å². The lowest BCUT2D eigenvalue weighted by molar-refractivity contribution is 0.0860. The van der Waals surface area contributed by atoms with Gasteiger partial charge < -0.3 is 9.94 Å². The molecule has 0 aliphatic rings. The zero-order valence-electron chi connectivity index (χ0n) is 9.79. The normalized spacial score (nSPS) is 11.0. The third-order valence-electron chi connectivity index (χ3n) is 2.56. The number of hydrogen-bond acceptors (Lipinski definition) is 3. The topological polar surface area (TPSA) is 41.5 Å². The van der Waals surface area contributed by atoms with E-state index in [1.165, 1.54) is 0 Å². The number of phenolic OH excluding ortho intramolecular Hbond substituents is 1. The summed E-state index contributed by atoms with van der Waals surface area (Å²) in [5, 5.41) is 10.1. The second-order valence-corrected chi connectivity index (χ2v) is 3.98. The van der Waals surface area contributed by atoms with Crippen LogP contribution in [0.3, 0.4) is 0 Å². The second-order valence-electron chi connectivity index (χ2n) is 3.98. The summed E-state index contributed by atoms with van der Waals surface area (Å²) in [6.07, 6.45) is 0. The van der Waals surface area contributed by atoms with Crippen LogP contribution in [0.15, 0.2) is 12.1 Å². The fourth-order valence-electron chi connectivity index (χ4n) is 1.59. The first-order valence-corrected chi connectivity index (χ1v) is 5.15. The third kappa shape index (κ3) is 2.70. The minimum Gasteiger partial charge on any atom is -0.507 e. The molecule has 0 aliphatic heterocycles. The van der Waals surface area contributed by atoms with Crippen molar-refractivity contribution in [2.75, 3.05) is 7.11 Å². The molecule has 0 unspecified atom stereocenters. The summed E-state index contributed by atoms with van der Waals surface area (Å²) in [6.45, 7) is 6.64. The molecular weight excluding hydrogens is 190 g/mol. The van der Waals surface area contributed by atoms with Gasteiger partial charge in [-0.3, -0.25) is 0 Å². The monoisotopic (exact) mass is 209 g/mol. The van der Waals surface area contributed by atoms with Crippen molar-refractivity contribution in [1.29, 1.82) is 0 Å². The Kier molecular flexibility index (Phi) is 4.12. The van der Waals surface area contributed by atoms with Gasteiger partial charge in [-0.05, 0) is 24.0 Å². The quantitative estimate of drug-likeness (QED) is 0.748. The van der Waals surface area contributed by atoms with Gasteiger partial charge in [0.05, 0.1) is 7.11 Å². The van der Waals surface area contributed by atoms with E-state index in [9.17, 15) is 5.11 Å². The van der Waals surface area contributed by atoms with Crippen LogP contribution in [0.4, 0.5) is 0 Å². The highest BCUT2D eigenvalue weighted by Crippen LogP contribution is 2.30. The Morgan fingerprint density at radius 2 is 2.07 bits per heavy atom. The first kappa shape index (κ1) is 12.0. The number of hydroxylamine groups is 1. The molecule has 0 bridgehead atoms. The van der Waals surface area contributed by atoms with E-state index in [1.54, 1.807) is 7.11 Å². The number of phenols is 1. The predicted octanol–water partition coefficient (Wildman–Crippen LogP) is 2.48. The molecule has 2 N–H and O–H groups in total. The molecule has 0 aromatic heterocycles. The maximum Gasteiger partial charge on any atom is 0.123 e. The molecule has 0 aliphatic carbocycles. The van der Waals surface area contributed by atoms with E-state index in [1.807, 2.05) is 19.1 Å². The molecule has 1 aromatic rings. The van der Waals surface area contributed by atoms with E-state index in [2.05, 4.69) is 19.3 Å². The van der Waals surface area contributed by atoms with Gasteiger partial charge in [0.15, 0.2) is 0 Å². The molecule has 15 heavy (non-hydrogen) atoms. The lowest BCUT2D eigenvalue weighted by atomic mass is 9.96. The van der Waals surface area contributed by atoms with Gasteiger partial charge in [0.25, 0.3) is 0 Å². The van der Waals surface area contributed by atoms with Crippen LogP contribution >= 0.6 is 0 Å². The average molecular weight is 209 g/mol. The van der Waals surface area contributed by atoms with Gasteiger partial charge in [0.2, 0.25) is 0 Å². The van der Waals surface area contributed by atoms with Crippen molar-refractivity contribution in [3.8, 4) is 5.75 Å². The summed E-state index contributed by atoms with van der Waals surface area (Å²) in [5.41, 5.74) is 5.71. The molecule has 3 nitrogen and oxygen atoms in total. The molecule has 0 amide bonds. The molecule has 84 valence electrons. The molecule has 1 aromatic carbocycles. The highest BCUT2D eigenvalue weighted by Gasteiger charge is 2.12. The van der Waals surface area contributed by atoms with Crippen LogP contribution in [0, 0.1) is 6.92 Å². The molecule has 0 spiro atoms. The minimum absolute atomic E-state index is 0.326. The first-order chi connectivity index (χ1) is 7.07. The summed E-state index contributed by atoms with van der Waals surface area (Å²) in [7, 11) is 1.57. The Balaban J connectivity index is 3.06. The van der Waals surface area contributed by atoms with E-state index in [4.69, 9.17) is 4.84 Å². The van der Waals surface area contributed by atoms with Crippen molar-refractivity contribution >= 4 is 0 Å². The van der Waals surface area contributed by atoms with Crippen LogP contribution in [0.5, 0.6) is 5.75 Å². The summed E-state index contributed by atoms with van der Waals surface area (Å²) in [5.74, 6) is 0.710. The second kappa shape index (κ2) is 5.14. The van der Waals surface area contributed by atoms with E-state index >= 15 is 0 Å². The Labute approximate surface area is 91.0 Å². The maximum absolute atomic E-state index is 10.1. The van der Waals surface area contributed by atoms with Gasteiger partial charge in [-0.1, -0.05) is 26.0 Å². The van der Waals surface area contributed by atoms with Gasteiger partial charge in [0, 0.05) is 12.1 Å². The van der Waals surface area contributed by atoms with Gasteiger partial charge in [-0.15, -0.1) is 0 Å². The summed E-state index contributed by atoms with van der Waals surface area (Å²) in [6, 6.07) is 4.01. The van der Waals surface area contributed by atoms with Crippen LogP contribution in [-0.4, -0.2) is 12.2 Å². The van der Waals surface area contributed by atoms with E-state index < -0.39 is 0 Å². The lowest BCUT2D eigenvalue weighted by Gasteiger charge is -2.14. The largest absolute Gasteiger partial charge is 0.507 e. The van der Waals surface area contributed by atoms with E-state index in [0.29, 0.717) is 18.2 Å². The predicted molar refractivity (Wildman–Crippen MR) is 60.8 cm³/mol. The Bertz CT molecular complexity index is 335. The van der Waals surface area contributed by atoms with Crippen molar-refractivity contribution in [2.24, 2.45) is 0 Å². The average Bonchev–Trinajstić information content (AvgIpc) is 2.17. The SMILES string of the molecule is CONCc1c(C)ccc(C(C)C)c1O. The highest BCUT2D eigenvalue weighted by atomic mass is 16.6. The molecule has 0 radical (unpaired) electrons. The molecule has 0 saturated carbocycles. The van der Waals surface area contributed by atoms with Crippen LogP contribution < -0.4 is 5.48 Å². The minimum atomic E-state index is 0.326. The highest BCUT2D eigenvalue weighted by molar-refractivity contribution is 5.46. The maximum atomic E-state index is 10.1. The number of hydrogen-bond donors (Lipinski definition) is 2. The Hall–Kier alpha value is -1.06. The third-order valence-corrected chi connectivity index (χ3v) is 2.56. The fraction of sp³-hybridized carbons (Fsp3) is 0.500. The van der Waals surface area contributed by atoms with E-state index in [0.717, 1.165) is 16.7 Å². The van der Waals surface area contributed by atoms with Crippen molar-refractivity contribution in [3.05, 3.63) is 28.8 Å². The molecule has 0 heterocycles. The van der Waals surface area contributed by atoms with Crippen LogP contribution in [0.2, 0.25) is 0 Å². The van der Waals surface area contributed by atoms with Crippen molar-refractivity contribution in [1.82, 2.24) is 5.48 Å². The zero-order chi connectivity index (χ0) is 11.4. The van der Waals surface area contributed by atoms with Crippen molar-refractivity contribution in [2.45, 2.75) is 33.2 Å². The molecule has 1 rings (SSSR count). The van der Waals surface area contributed by atoms with Crippen molar-refractivity contribution in [3.63, 3.8) is 0 Å². The number of nitrogens with one attached hydrogen (secondary N) is 1. The zero-order valence-corrected chi connectivity index (χ0v) is 9.79. The lowest BCUT2D eigenvalue weighted by Crippen LogP contribution is -2.12. The molecular formula is C12H19NO2. The number of aromatic hydroxyl groups is 1. The smallest absolute Gasteiger partial charge is 0.123 e. The Morgan fingerprint density at radius 3 is 2.60 bits per heavy atom. The summed E-state index contributed by atoms with van der Waals surface area (Å²) < 4.78 is 0.